The second-order valence-electron chi connectivity index (χ2n) is 4.82. The predicted octanol–water partition coefficient (Wildman–Crippen LogP) is -0.198. The Bertz CT molecular complexity index is 416. The monoisotopic (exact) mass is 252 g/mol. The van der Waals surface area contributed by atoms with Gasteiger partial charge in [-0.15, -0.1) is 0 Å². The molecule has 18 heavy (non-hydrogen) atoms. The summed E-state index contributed by atoms with van der Waals surface area (Å²) in [6, 6.07) is 1.99. The number of hydrogen-bond acceptors (Lipinski definition) is 4. The summed E-state index contributed by atoms with van der Waals surface area (Å²) in [5.41, 5.74) is 1.13. The van der Waals surface area contributed by atoms with Crippen LogP contribution in [0.2, 0.25) is 0 Å². The van der Waals surface area contributed by atoms with Crippen LogP contribution in [0.25, 0.3) is 0 Å². The SMILES string of the molecule is COC1CN(CC(=O)N(C)C)Cc2ccnn2C1. The van der Waals surface area contributed by atoms with E-state index in [0.29, 0.717) is 6.54 Å². The van der Waals surface area contributed by atoms with Gasteiger partial charge in [-0.1, -0.05) is 0 Å². The lowest BCUT2D eigenvalue weighted by molar-refractivity contribution is -0.130. The first-order chi connectivity index (χ1) is 8.60. The van der Waals surface area contributed by atoms with Crippen LogP contribution in [0.3, 0.4) is 0 Å². The summed E-state index contributed by atoms with van der Waals surface area (Å²) in [5.74, 6) is 0.109. The van der Waals surface area contributed by atoms with Gasteiger partial charge in [-0.25, -0.2) is 0 Å². The number of aromatic nitrogens is 2. The molecule has 1 aliphatic rings. The van der Waals surface area contributed by atoms with Gasteiger partial charge in [-0.3, -0.25) is 14.4 Å². The van der Waals surface area contributed by atoms with E-state index >= 15 is 0 Å². The van der Waals surface area contributed by atoms with Crippen LogP contribution in [0.4, 0.5) is 0 Å². The first-order valence-electron chi connectivity index (χ1n) is 6.06. The predicted molar refractivity (Wildman–Crippen MR) is 67.0 cm³/mol. The van der Waals surface area contributed by atoms with E-state index in [4.69, 9.17) is 4.74 Å². The molecule has 1 aromatic heterocycles. The Morgan fingerprint density at radius 3 is 3.00 bits per heavy atom. The van der Waals surface area contributed by atoms with E-state index in [2.05, 4.69) is 10.00 Å². The molecule has 1 atom stereocenters. The van der Waals surface area contributed by atoms with Gasteiger partial charge in [0.25, 0.3) is 0 Å². The number of fused-ring (bicyclic) bond motifs is 1. The van der Waals surface area contributed by atoms with Crippen molar-refractivity contribution in [1.82, 2.24) is 19.6 Å². The molecule has 2 rings (SSSR count). The fraction of sp³-hybridized carbons (Fsp3) is 0.667. The fourth-order valence-corrected chi connectivity index (χ4v) is 2.09. The third-order valence-electron chi connectivity index (χ3n) is 3.22. The van der Waals surface area contributed by atoms with Crippen molar-refractivity contribution in [2.75, 3.05) is 34.3 Å². The molecule has 1 aromatic rings. The summed E-state index contributed by atoms with van der Waals surface area (Å²) >= 11 is 0. The summed E-state index contributed by atoms with van der Waals surface area (Å²) in [7, 11) is 5.25. The quantitative estimate of drug-likeness (QED) is 0.747. The summed E-state index contributed by atoms with van der Waals surface area (Å²) in [6.07, 6.45) is 1.86. The summed E-state index contributed by atoms with van der Waals surface area (Å²) in [6.45, 7) is 2.64. The van der Waals surface area contributed by atoms with E-state index < -0.39 is 0 Å². The molecule has 0 aromatic carbocycles. The number of likely N-dealkylation sites (N-methyl/N-ethyl adjacent to an activating group) is 1. The van der Waals surface area contributed by atoms with Crippen molar-refractivity contribution in [2.45, 2.75) is 19.2 Å². The highest BCUT2D eigenvalue weighted by Crippen LogP contribution is 2.13. The number of carbonyl (C=O) groups excluding carboxylic acids is 1. The molecule has 0 radical (unpaired) electrons. The van der Waals surface area contributed by atoms with Crippen LogP contribution in [-0.4, -0.2) is 65.9 Å². The van der Waals surface area contributed by atoms with Crippen LogP contribution in [0.1, 0.15) is 5.69 Å². The Morgan fingerprint density at radius 2 is 2.33 bits per heavy atom. The normalized spacial score (nSPS) is 20.3. The van der Waals surface area contributed by atoms with Gasteiger partial charge >= 0.3 is 0 Å². The molecule has 0 saturated heterocycles. The topological polar surface area (TPSA) is 50.6 Å². The minimum Gasteiger partial charge on any atom is -0.378 e. The largest absolute Gasteiger partial charge is 0.378 e. The highest BCUT2D eigenvalue weighted by atomic mass is 16.5. The van der Waals surface area contributed by atoms with Crippen molar-refractivity contribution in [2.24, 2.45) is 0 Å². The van der Waals surface area contributed by atoms with E-state index in [1.807, 2.05) is 10.7 Å². The maximum Gasteiger partial charge on any atom is 0.236 e. The first-order valence-corrected chi connectivity index (χ1v) is 6.06. The van der Waals surface area contributed by atoms with E-state index in [1.54, 1.807) is 32.3 Å². The van der Waals surface area contributed by atoms with Crippen LogP contribution >= 0.6 is 0 Å². The molecule has 0 saturated carbocycles. The summed E-state index contributed by atoms with van der Waals surface area (Å²) < 4.78 is 7.39. The lowest BCUT2D eigenvalue weighted by Crippen LogP contribution is -2.39. The molecular weight excluding hydrogens is 232 g/mol. The van der Waals surface area contributed by atoms with E-state index in [9.17, 15) is 4.79 Å². The third kappa shape index (κ3) is 2.88. The van der Waals surface area contributed by atoms with Crippen molar-refractivity contribution in [3.63, 3.8) is 0 Å². The lowest BCUT2D eigenvalue weighted by Gasteiger charge is -2.23. The molecule has 0 N–H and O–H groups in total. The molecule has 1 amide bonds. The van der Waals surface area contributed by atoms with E-state index in [1.165, 1.54) is 0 Å². The van der Waals surface area contributed by atoms with Crippen molar-refractivity contribution in [3.05, 3.63) is 18.0 Å². The molecule has 0 fully saturated rings. The molecule has 2 heterocycles. The van der Waals surface area contributed by atoms with Gasteiger partial charge in [0.2, 0.25) is 5.91 Å². The first kappa shape index (κ1) is 13.0. The van der Waals surface area contributed by atoms with Gasteiger partial charge in [-0.05, 0) is 6.07 Å². The van der Waals surface area contributed by atoms with Crippen molar-refractivity contribution >= 4 is 5.91 Å². The molecule has 1 unspecified atom stereocenters. The van der Waals surface area contributed by atoms with Gasteiger partial charge < -0.3 is 9.64 Å². The average molecular weight is 252 g/mol. The van der Waals surface area contributed by atoms with Gasteiger partial charge in [0.05, 0.1) is 24.9 Å². The molecule has 0 aliphatic carbocycles. The Labute approximate surface area is 107 Å². The van der Waals surface area contributed by atoms with Gasteiger partial charge in [0.1, 0.15) is 0 Å². The van der Waals surface area contributed by atoms with Crippen LogP contribution in [0.15, 0.2) is 12.3 Å². The van der Waals surface area contributed by atoms with Gasteiger partial charge in [-0.2, -0.15) is 5.10 Å². The second kappa shape index (κ2) is 5.49. The number of ether oxygens (including phenoxy) is 1. The lowest BCUT2D eigenvalue weighted by atomic mass is 10.3. The number of nitrogens with zero attached hydrogens (tertiary/aromatic N) is 4. The van der Waals surface area contributed by atoms with Gasteiger partial charge in [0, 0.05) is 40.5 Å². The molecule has 1 aliphatic heterocycles. The summed E-state index contributed by atoms with van der Waals surface area (Å²) in [5, 5.41) is 4.28. The van der Waals surface area contributed by atoms with Gasteiger partial charge in [0.15, 0.2) is 0 Å². The molecule has 6 nitrogen and oxygen atoms in total. The van der Waals surface area contributed by atoms with Crippen LogP contribution < -0.4 is 0 Å². The van der Waals surface area contributed by atoms with E-state index in [0.717, 1.165) is 25.3 Å². The maximum absolute atomic E-state index is 11.8. The zero-order valence-corrected chi connectivity index (χ0v) is 11.2. The van der Waals surface area contributed by atoms with Crippen LogP contribution in [0, 0.1) is 0 Å². The van der Waals surface area contributed by atoms with Crippen LogP contribution in [0.5, 0.6) is 0 Å². The Hall–Kier alpha value is -1.40. The average Bonchev–Trinajstić information content (AvgIpc) is 2.68. The number of hydrogen-bond donors (Lipinski definition) is 0. The van der Waals surface area contributed by atoms with Crippen molar-refractivity contribution in [3.8, 4) is 0 Å². The maximum atomic E-state index is 11.8. The zero-order valence-electron chi connectivity index (χ0n) is 11.2. The second-order valence-corrected chi connectivity index (χ2v) is 4.82. The molecule has 0 bridgehead atoms. The highest BCUT2D eigenvalue weighted by Gasteiger charge is 2.23. The standard InChI is InChI=1S/C12H20N4O2/c1-14(2)12(17)9-15-6-10-4-5-13-16(10)8-11(7-15)18-3/h4-5,11H,6-9H2,1-3H3. The number of amides is 1. The molecular formula is C12H20N4O2. The Balaban J connectivity index is 2.10. The zero-order chi connectivity index (χ0) is 13.1. The molecule has 100 valence electrons. The third-order valence-corrected chi connectivity index (χ3v) is 3.22. The molecule has 0 spiro atoms. The Kier molecular flexibility index (Phi) is 3.98. The minimum absolute atomic E-state index is 0.0705. The smallest absolute Gasteiger partial charge is 0.236 e. The number of carbonyl (C=O) groups is 1. The molecule has 6 heteroatoms. The number of rotatable bonds is 3. The van der Waals surface area contributed by atoms with Crippen LogP contribution in [-0.2, 0) is 22.6 Å². The van der Waals surface area contributed by atoms with Crippen molar-refractivity contribution < 1.29 is 9.53 Å². The number of methoxy groups -OCH3 is 1. The highest BCUT2D eigenvalue weighted by molar-refractivity contribution is 5.77. The minimum atomic E-state index is 0.0705. The Morgan fingerprint density at radius 1 is 1.56 bits per heavy atom. The summed E-state index contributed by atoms with van der Waals surface area (Å²) in [4.78, 5) is 15.5. The van der Waals surface area contributed by atoms with Crippen molar-refractivity contribution in [1.29, 1.82) is 0 Å². The fourth-order valence-electron chi connectivity index (χ4n) is 2.09. The van der Waals surface area contributed by atoms with E-state index in [-0.39, 0.29) is 12.0 Å².